The summed E-state index contributed by atoms with van der Waals surface area (Å²) in [5.74, 6) is -0.946. The molecule has 1 N–H and O–H groups in total. The van der Waals surface area contributed by atoms with Gasteiger partial charge < -0.3 is 14.1 Å². The first-order valence-corrected chi connectivity index (χ1v) is 6.01. The third kappa shape index (κ3) is 2.01. The molecule has 3 aromatic rings. The minimum Gasteiger partial charge on any atom is -0.477 e. The zero-order valence-corrected chi connectivity index (χ0v) is 10.5. The monoisotopic (exact) mass is 255 g/mol. The van der Waals surface area contributed by atoms with Crippen LogP contribution in [0.1, 0.15) is 21.6 Å². The Bertz CT molecular complexity index is 734. The summed E-state index contributed by atoms with van der Waals surface area (Å²) in [5, 5.41) is 9.24. The van der Waals surface area contributed by atoms with Crippen LogP contribution in [0.4, 0.5) is 0 Å². The van der Waals surface area contributed by atoms with Crippen molar-refractivity contribution in [1.82, 2.24) is 4.57 Å². The number of furan rings is 1. The van der Waals surface area contributed by atoms with Gasteiger partial charge in [0.25, 0.3) is 0 Å². The van der Waals surface area contributed by atoms with Gasteiger partial charge in [0.2, 0.25) is 0 Å². The summed E-state index contributed by atoms with van der Waals surface area (Å²) < 4.78 is 7.02. The first-order valence-electron chi connectivity index (χ1n) is 6.01. The molecule has 0 bridgehead atoms. The summed E-state index contributed by atoms with van der Waals surface area (Å²) in [6.45, 7) is 2.54. The third-order valence-corrected chi connectivity index (χ3v) is 3.20. The number of fused-ring (bicyclic) bond motifs is 1. The Hall–Kier alpha value is -2.49. The predicted molar refractivity (Wildman–Crippen MR) is 71.4 cm³/mol. The van der Waals surface area contributed by atoms with Gasteiger partial charge in [0.05, 0.1) is 11.8 Å². The van der Waals surface area contributed by atoms with Gasteiger partial charge in [-0.1, -0.05) is 29.8 Å². The number of carboxylic acid groups (broad SMARTS) is 1. The van der Waals surface area contributed by atoms with Gasteiger partial charge in [-0.15, -0.1) is 0 Å². The van der Waals surface area contributed by atoms with E-state index in [4.69, 9.17) is 4.42 Å². The van der Waals surface area contributed by atoms with Crippen LogP contribution in [-0.2, 0) is 6.54 Å². The van der Waals surface area contributed by atoms with Crippen molar-refractivity contribution in [2.24, 2.45) is 0 Å². The van der Waals surface area contributed by atoms with Crippen molar-refractivity contribution in [2.45, 2.75) is 13.5 Å². The van der Waals surface area contributed by atoms with Gasteiger partial charge in [0.1, 0.15) is 5.69 Å². The van der Waals surface area contributed by atoms with E-state index in [9.17, 15) is 9.90 Å². The van der Waals surface area contributed by atoms with E-state index in [0.29, 0.717) is 12.1 Å². The Kier molecular flexibility index (Phi) is 2.63. The highest BCUT2D eigenvalue weighted by molar-refractivity contribution is 5.92. The number of rotatable bonds is 3. The second kappa shape index (κ2) is 4.31. The molecule has 2 heterocycles. The van der Waals surface area contributed by atoms with Crippen molar-refractivity contribution in [3.8, 4) is 0 Å². The number of carbonyl (C=O) groups is 1. The van der Waals surface area contributed by atoms with Crippen molar-refractivity contribution in [3.63, 3.8) is 0 Å². The van der Waals surface area contributed by atoms with Crippen LogP contribution in [0.15, 0.2) is 47.1 Å². The topological polar surface area (TPSA) is 55.4 Å². The number of hydrogen-bond donors (Lipinski definition) is 1. The first kappa shape index (κ1) is 11.6. The Balaban J connectivity index is 2.07. The van der Waals surface area contributed by atoms with Gasteiger partial charge >= 0.3 is 5.97 Å². The fourth-order valence-electron chi connectivity index (χ4n) is 2.20. The maximum absolute atomic E-state index is 11.3. The lowest BCUT2D eigenvalue weighted by Gasteiger charge is -2.07. The molecule has 96 valence electrons. The van der Waals surface area contributed by atoms with Crippen molar-refractivity contribution in [1.29, 1.82) is 0 Å². The van der Waals surface area contributed by atoms with E-state index in [1.54, 1.807) is 23.0 Å². The molecular formula is C15H13NO3. The predicted octanol–water partition coefficient (Wildman–Crippen LogP) is 3.29. The lowest BCUT2D eigenvalue weighted by molar-refractivity contribution is 0.0686. The first-order chi connectivity index (χ1) is 9.15. The lowest BCUT2D eigenvalue weighted by atomic mass is 10.1. The van der Waals surface area contributed by atoms with Crippen LogP contribution in [0.5, 0.6) is 0 Å². The Morgan fingerprint density at radius 2 is 2.00 bits per heavy atom. The van der Waals surface area contributed by atoms with Crippen LogP contribution < -0.4 is 0 Å². The summed E-state index contributed by atoms with van der Waals surface area (Å²) in [6.07, 6.45) is 1.57. The number of aryl methyl sites for hydroxylation is 1. The molecule has 0 spiro atoms. The molecule has 4 heteroatoms. The number of aromatic nitrogens is 1. The molecule has 0 saturated carbocycles. The van der Waals surface area contributed by atoms with Gasteiger partial charge in [-0.3, -0.25) is 0 Å². The van der Waals surface area contributed by atoms with Crippen LogP contribution in [0.3, 0.4) is 0 Å². The maximum Gasteiger partial charge on any atom is 0.352 e. The fourth-order valence-corrected chi connectivity index (χ4v) is 2.20. The van der Waals surface area contributed by atoms with E-state index >= 15 is 0 Å². The SMILES string of the molecule is Cc1ccc(Cn2c(C(=O)O)cc3occc32)cc1. The van der Waals surface area contributed by atoms with E-state index in [-0.39, 0.29) is 5.69 Å². The molecule has 0 amide bonds. The Morgan fingerprint density at radius 1 is 1.26 bits per heavy atom. The molecule has 0 aliphatic rings. The van der Waals surface area contributed by atoms with Crippen molar-refractivity contribution >= 4 is 17.1 Å². The minimum absolute atomic E-state index is 0.245. The van der Waals surface area contributed by atoms with Crippen LogP contribution in [-0.4, -0.2) is 15.6 Å². The minimum atomic E-state index is -0.946. The molecule has 0 fully saturated rings. The zero-order valence-electron chi connectivity index (χ0n) is 10.5. The van der Waals surface area contributed by atoms with Gasteiger partial charge in [0, 0.05) is 18.7 Å². The van der Waals surface area contributed by atoms with Crippen LogP contribution in [0, 0.1) is 6.92 Å². The van der Waals surface area contributed by atoms with E-state index in [1.807, 2.05) is 31.2 Å². The average Bonchev–Trinajstić information content (AvgIpc) is 2.94. The molecule has 1 aromatic carbocycles. The smallest absolute Gasteiger partial charge is 0.352 e. The van der Waals surface area contributed by atoms with Crippen molar-refractivity contribution < 1.29 is 14.3 Å². The summed E-state index contributed by atoms with van der Waals surface area (Å²) >= 11 is 0. The summed E-state index contributed by atoms with van der Waals surface area (Å²) in [4.78, 5) is 11.3. The van der Waals surface area contributed by atoms with Gasteiger partial charge in [-0.05, 0) is 12.5 Å². The molecule has 0 unspecified atom stereocenters. The highest BCUT2D eigenvalue weighted by Crippen LogP contribution is 2.22. The van der Waals surface area contributed by atoms with Gasteiger partial charge in [-0.25, -0.2) is 4.79 Å². The average molecular weight is 255 g/mol. The highest BCUT2D eigenvalue weighted by Gasteiger charge is 2.16. The molecule has 0 atom stereocenters. The van der Waals surface area contributed by atoms with Crippen LogP contribution in [0.2, 0.25) is 0 Å². The van der Waals surface area contributed by atoms with Gasteiger partial charge in [0.15, 0.2) is 5.58 Å². The van der Waals surface area contributed by atoms with Crippen LogP contribution >= 0.6 is 0 Å². The molecule has 0 saturated heterocycles. The molecule has 0 aliphatic carbocycles. The number of carboxylic acids is 1. The van der Waals surface area contributed by atoms with Crippen molar-refractivity contribution in [2.75, 3.05) is 0 Å². The molecule has 4 nitrogen and oxygen atoms in total. The molecule has 2 aromatic heterocycles. The lowest BCUT2D eigenvalue weighted by Crippen LogP contribution is -2.09. The van der Waals surface area contributed by atoms with Gasteiger partial charge in [-0.2, -0.15) is 0 Å². The second-order valence-corrected chi connectivity index (χ2v) is 4.58. The summed E-state index contributed by atoms with van der Waals surface area (Å²) in [6, 6.07) is 11.4. The molecule has 0 aliphatic heterocycles. The molecule has 19 heavy (non-hydrogen) atoms. The second-order valence-electron chi connectivity index (χ2n) is 4.58. The summed E-state index contributed by atoms with van der Waals surface area (Å²) in [7, 11) is 0. The maximum atomic E-state index is 11.3. The van der Waals surface area contributed by atoms with E-state index in [0.717, 1.165) is 11.1 Å². The standard InChI is InChI=1S/C15H13NO3/c1-10-2-4-11(5-3-10)9-16-12-6-7-19-14(12)8-13(16)15(17)18/h2-8H,9H2,1H3,(H,17,18). The quantitative estimate of drug-likeness (QED) is 0.781. The van der Waals surface area contributed by atoms with E-state index in [2.05, 4.69) is 0 Å². The highest BCUT2D eigenvalue weighted by atomic mass is 16.4. The molecule has 0 radical (unpaired) electrons. The number of aromatic carboxylic acids is 1. The number of nitrogens with zero attached hydrogens (tertiary/aromatic N) is 1. The van der Waals surface area contributed by atoms with Crippen LogP contribution in [0.25, 0.3) is 11.1 Å². The summed E-state index contributed by atoms with van der Waals surface area (Å²) in [5.41, 5.74) is 3.90. The zero-order chi connectivity index (χ0) is 13.4. The number of hydrogen-bond acceptors (Lipinski definition) is 2. The fraction of sp³-hybridized carbons (Fsp3) is 0.133. The molecule has 3 rings (SSSR count). The Morgan fingerprint density at radius 3 is 2.68 bits per heavy atom. The normalized spacial score (nSPS) is 11.0. The Labute approximate surface area is 109 Å². The van der Waals surface area contributed by atoms with E-state index in [1.165, 1.54) is 5.56 Å². The van der Waals surface area contributed by atoms with Crippen molar-refractivity contribution in [3.05, 3.63) is 59.5 Å². The number of benzene rings is 1. The van der Waals surface area contributed by atoms with E-state index < -0.39 is 5.97 Å². The molecular weight excluding hydrogens is 242 g/mol. The largest absolute Gasteiger partial charge is 0.477 e. The third-order valence-electron chi connectivity index (χ3n) is 3.20.